The van der Waals surface area contributed by atoms with Crippen molar-refractivity contribution in [3.05, 3.63) is 67.1 Å². The molecular formula is C16H15N5. The molecule has 0 saturated carbocycles. The lowest BCUT2D eigenvalue weighted by Gasteiger charge is -2.18. The summed E-state index contributed by atoms with van der Waals surface area (Å²) in [5, 5.41) is 3.19. The number of rotatable bonds is 4. The van der Waals surface area contributed by atoms with Crippen LogP contribution in [0, 0.1) is 0 Å². The normalized spacial score (nSPS) is 10.1. The molecule has 104 valence electrons. The van der Waals surface area contributed by atoms with Crippen LogP contribution in [0.3, 0.4) is 0 Å². The van der Waals surface area contributed by atoms with E-state index in [1.807, 2.05) is 60.5 Å². The molecule has 5 nitrogen and oxygen atoms in total. The predicted molar refractivity (Wildman–Crippen MR) is 84.1 cm³/mol. The Morgan fingerprint density at radius 2 is 1.81 bits per heavy atom. The first-order valence-electron chi connectivity index (χ1n) is 6.62. The van der Waals surface area contributed by atoms with E-state index in [9.17, 15) is 0 Å². The number of hydrogen-bond acceptors (Lipinski definition) is 5. The van der Waals surface area contributed by atoms with Crippen LogP contribution in [0.4, 0.5) is 23.1 Å². The second-order valence-electron chi connectivity index (χ2n) is 4.50. The second kappa shape index (κ2) is 6.00. The summed E-state index contributed by atoms with van der Waals surface area (Å²) in [5.41, 5.74) is 1.93. The van der Waals surface area contributed by atoms with E-state index in [-0.39, 0.29) is 0 Å². The Kier molecular flexibility index (Phi) is 3.73. The van der Waals surface area contributed by atoms with Gasteiger partial charge in [0, 0.05) is 25.1 Å². The van der Waals surface area contributed by atoms with E-state index in [2.05, 4.69) is 20.3 Å². The van der Waals surface area contributed by atoms with Crippen LogP contribution in [0.5, 0.6) is 0 Å². The summed E-state index contributed by atoms with van der Waals surface area (Å²) in [4.78, 5) is 14.9. The highest BCUT2D eigenvalue weighted by molar-refractivity contribution is 5.60. The highest BCUT2D eigenvalue weighted by Gasteiger charge is 2.07. The maximum atomic E-state index is 4.52. The summed E-state index contributed by atoms with van der Waals surface area (Å²) in [6.45, 7) is 0. The Morgan fingerprint density at radius 3 is 2.57 bits per heavy atom. The van der Waals surface area contributed by atoms with Crippen LogP contribution in [-0.4, -0.2) is 22.0 Å². The largest absolute Gasteiger partial charge is 0.328 e. The van der Waals surface area contributed by atoms with E-state index in [0.717, 1.165) is 17.2 Å². The number of pyridine rings is 1. The van der Waals surface area contributed by atoms with Crippen molar-refractivity contribution in [2.24, 2.45) is 0 Å². The first kappa shape index (κ1) is 13.1. The van der Waals surface area contributed by atoms with Gasteiger partial charge in [-0.05, 0) is 30.3 Å². The number of hydrogen-bond donors (Lipinski definition) is 1. The fourth-order valence-electron chi connectivity index (χ4n) is 1.93. The monoisotopic (exact) mass is 277 g/mol. The zero-order valence-corrected chi connectivity index (χ0v) is 11.6. The molecule has 0 aliphatic carbocycles. The minimum absolute atomic E-state index is 0.564. The lowest BCUT2D eigenvalue weighted by Crippen LogP contribution is -2.12. The molecule has 3 rings (SSSR count). The van der Waals surface area contributed by atoms with E-state index < -0.39 is 0 Å². The molecular weight excluding hydrogens is 262 g/mol. The Morgan fingerprint density at radius 1 is 0.952 bits per heavy atom. The van der Waals surface area contributed by atoms with Gasteiger partial charge in [0.15, 0.2) is 0 Å². The van der Waals surface area contributed by atoms with Crippen molar-refractivity contribution in [2.45, 2.75) is 0 Å². The Balaban J connectivity index is 1.83. The van der Waals surface area contributed by atoms with E-state index in [0.29, 0.717) is 5.95 Å². The van der Waals surface area contributed by atoms with E-state index in [1.54, 1.807) is 18.6 Å². The molecule has 0 unspecified atom stereocenters. The fourth-order valence-corrected chi connectivity index (χ4v) is 1.93. The lowest BCUT2D eigenvalue weighted by atomic mass is 10.3. The summed E-state index contributed by atoms with van der Waals surface area (Å²) in [7, 11) is 1.95. The Hall–Kier alpha value is -2.95. The Bertz CT molecular complexity index is 700. The van der Waals surface area contributed by atoms with Gasteiger partial charge in [-0.1, -0.05) is 18.2 Å². The van der Waals surface area contributed by atoms with Crippen molar-refractivity contribution in [3.63, 3.8) is 0 Å². The van der Waals surface area contributed by atoms with Crippen molar-refractivity contribution in [1.29, 1.82) is 0 Å². The van der Waals surface area contributed by atoms with Crippen LogP contribution in [0.2, 0.25) is 0 Å². The van der Waals surface area contributed by atoms with Gasteiger partial charge in [-0.15, -0.1) is 0 Å². The first-order valence-corrected chi connectivity index (χ1v) is 6.62. The standard InChI is InChI=1S/C16H15N5/c1-21(14-8-5-10-17-12-14)15-9-11-18-16(20-15)19-13-6-3-2-4-7-13/h2-12H,1H3,(H,18,19,20). The van der Waals surface area contributed by atoms with Crippen molar-refractivity contribution in [2.75, 3.05) is 17.3 Å². The number of nitrogens with one attached hydrogen (secondary N) is 1. The molecule has 2 aromatic heterocycles. The zero-order valence-electron chi connectivity index (χ0n) is 11.6. The summed E-state index contributed by atoms with van der Waals surface area (Å²) in [6, 6.07) is 15.6. The van der Waals surface area contributed by atoms with Gasteiger partial charge in [-0.3, -0.25) is 4.98 Å². The minimum atomic E-state index is 0.564. The molecule has 0 amide bonds. The van der Waals surface area contributed by atoms with Crippen LogP contribution in [0.15, 0.2) is 67.1 Å². The highest BCUT2D eigenvalue weighted by atomic mass is 15.2. The molecule has 0 atom stereocenters. The third-order valence-electron chi connectivity index (χ3n) is 3.05. The average molecular weight is 277 g/mol. The number of benzene rings is 1. The topological polar surface area (TPSA) is 53.9 Å². The van der Waals surface area contributed by atoms with Gasteiger partial charge in [0.1, 0.15) is 5.82 Å². The Labute approximate surface area is 123 Å². The van der Waals surface area contributed by atoms with E-state index >= 15 is 0 Å². The van der Waals surface area contributed by atoms with Crippen LogP contribution in [0.1, 0.15) is 0 Å². The quantitative estimate of drug-likeness (QED) is 0.792. The summed E-state index contributed by atoms with van der Waals surface area (Å²) < 4.78 is 0. The van der Waals surface area contributed by atoms with Crippen molar-refractivity contribution in [3.8, 4) is 0 Å². The van der Waals surface area contributed by atoms with E-state index in [1.165, 1.54) is 0 Å². The molecule has 1 N–H and O–H groups in total. The maximum absolute atomic E-state index is 4.52. The van der Waals surface area contributed by atoms with Crippen LogP contribution in [0.25, 0.3) is 0 Å². The highest BCUT2D eigenvalue weighted by Crippen LogP contribution is 2.21. The predicted octanol–water partition coefficient (Wildman–Crippen LogP) is 3.38. The molecule has 0 aliphatic heterocycles. The lowest BCUT2D eigenvalue weighted by molar-refractivity contribution is 1.07. The molecule has 0 spiro atoms. The third-order valence-corrected chi connectivity index (χ3v) is 3.05. The molecule has 3 aromatic rings. The molecule has 0 radical (unpaired) electrons. The van der Waals surface area contributed by atoms with Crippen molar-refractivity contribution in [1.82, 2.24) is 15.0 Å². The number of para-hydroxylation sites is 1. The number of anilines is 4. The van der Waals surface area contributed by atoms with Gasteiger partial charge in [0.2, 0.25) is 5.95 Å². The van der Waals surface area contributed by atoms with Crippen LogP contribution in [-0.2, 0) is 0 Å². The number of nitrogens with zero attached hydrogens (tertiary/aromatic N) is 4. The maximum Gasteiger partial charge on any atom is 0.229 e. The molecule has 0 bridgehead atoms. The van der Waals surface area contributed by atoms with Gasteiger partial charge in [0.25, 0.3) is 0 Å². The summed E-state index contributed by atoms with van der Waals surface area (Å²) in [6.07, 6.45) is 5.28. The molecule has 1 aromatic carbocycles. The van der Waals surface area contributed by atoms with Crippen molar-refractivity contribution < 1.29 is 0 Å². The van der Waals surface area contributed by atoms with Gasteiger partial charge in [-0.2, -0.15) is 4.98 Å². The molecule has 0 saturated heterocycles. The minimum Gasteiger partial charge on any atom is -0.328 e. The number of aromatic nitrogens is 3. The SMILES string of the molecule is CN(c1cccnc1)c1ccnc(Nc2ccccc2)n1. The summed E-state index contributed by atoms with van der Waals surface area (Å²) in [5.74, 6) is 1.37. The molecule has 0 fully saturated rings. The van der Waals surface area contributed by atoms with Gasteiger partial charge in [-0.25, -0.2) is 4.98 Å². The van der Waals surface area contributed by atoms with Gasteiger partial charge in [0.05, 0.1) is 11.9 Å². The fraction of sp³-hybridized carbons (Fsp3) is 0.0625. The van der Waals surface area contributed by atoms with Gasteiger partial charge < -0.3 is 10.2 Å². The third kappa shape index (κ3) is 3.14. The molecule has 0 aliphatic rings. The zero-order chi connectivity index (χ0) is 14.5. The van der Waals surface area contributed by atoms with Gasteiger partial charge >= 0.3 is 0 Å². The summed E-state index contributed by atoms with van der Waals surface area (Å²) >= 11 is 0. The van der Waals surface area contributed by atoms with Crippen LogP contribution >= 0.6 is 0 Å². The smallest absolute Gasteiger partial charge is 0.229 e. The van der Waals surface area contributed by atoms with E-state index in [4.69, 9.17) is 0 Å². The first-order chi connectivity index (χ1) is 10.3. The molecule has 21 heavy (non-hydrogen) atoms. The molecule has 2 heterocycles. The van der Waals surface area contributed by atoms with Crippen molar-refractivity contribution >= 4 is 23.1 Å². The molecule has 5 heteroatoms. The van der Waals surface area contributed by atoms with Crippen LogP contribution < -0.4 is 10.2 Å². The average Bonchev–Trinajstić information content (AvgIpc) is 2.56. The second-order valence-corrected chi connectivity index (χ2v) is 4.50.